The van der Waals surface area contributed by atoms with Gasteiger partial charge in [-0.25, -0.2) is 0 Å². The smallest absolute Gasteiger partial charge is 0.119 e. The molecular formula is C35H38O2. The molecular weight excluding hydrogens is 452 g/mol. The van der Waals surface area contributed by atoms with Crippen LogP contribution < -0.4 is 9.47 Å². The van der Waals surface area contributed by atoms with Crippen molar-refractivity contribution in [1.29, 1.82) is 0 Å². The minimum atomic E-state index is 0.778. The maximum Gasteiger partial charge on any atom is 0.119 e. The number of benzene rings is 4. The summed E-state index contributed by atoms with van der Waals surface area (Å²) in [5.41, 5.74) is 4.38. The van der Waals surface area contributed by atoms with Gasteiger partial charge in [0.1, 0.15) is 11.5 Å². The van der Waals surface area contributed by atoms with Crippen LogP contribution in [0.5, 0.6) is 11.5 Å². The van der Waals surface area contributed by atoms with E-state index in [1.165, 1.54) is 54.0 Å². The lowest BCUT2D eigenvalue weighted by Crippen LogP contribution is -1.96. The van der Waals surface area contributed by atoms with Gasteiger partial charge in [-0.05, 0) is 83.3 Å². The first-order valence-corrected chi connectivity index (χ1v) is 13.8. The third kappa shape index (κ3) is 8.16. The Kier molecular flexibility index (Phi) is 10.1. The fraction of sp³-hybridized carbons (Fsp3) is 0.314. The van der Waals surface area contributed by atoms with Gasteiger partial charge in [-0.2, -0.15) is 0 Å². The number of fused-ring (bicyclic) bond motifs is 1. The van der Waals surface area contributed by atoms with Crippen molar-refractivity contribution in [3.63, 3.8) is 0 Å². The zero-order chi connectivity index (χ0) is 25.7. The molecule has 0 spiro atoms. The van der Waals surface area contributed by atoms with Gasteiger partial charge in [0.25, 0.3) is 0 Å². The summed E-state index contributed by atoms with van der Waals surface area (Å²) in [5.74, 6) is 8.50. The van der Waals surface area contributed by atoms with E-state index in [9.17, 15) is 0 Å². The molecule has 190 valence electrons. The van der Waals surface area contributed by atoms with E-state index in [0.29, 0.717) is 0 Å². The quantitative estimate of drug-likeness (QED) is 0.145. The van der Waals surface area contributed by atoms with E-state index in [0.717, 1.165) is 48.7 Å². The second-order valence-electron chi connectivity index (χ2n) is 9.54. The maximum atomic E-state index is 5.89. The van der Waals surface area contributed by atoms with Crippen molar-refractivity contribution in [3.8, 4) is 34.5 Å². The molecule has 0 bridgehead atoms. The number of hydrogen-bond donors (Lipinski definition) is 0. The van der Waals surface area contributed by atoms with Crippen LogP contribution in [0.25, 0.3) is 21.9 Å². The van der Waals surface area contributed by atoms with E-state index in [1.807, 2.05) is 0 Å². The van der Waals surface area contributed by atoms with Crippen LogP contribution in [0.3, 0.4) is 0 Å². The van der Waals surface area contributed by atoms with Gasteiger partial charge in [-0.3, -0.25) is 0 Å². The third-order valence-corrected chi connectivity index (χ3v) is 6.52. The van der Waals surface area contributed by atoms with Crippen LogP contribution in [0.1, 0.15) is 69.9 Å². The summed E-state index contributed by atoms with van der Waals surface area (Å²) in [5, 5.41) is 2.35. The molecule has 0 aliphatic rings. The second-order valence-corrected chi connectivity index (χ2v) is 9.54. The molecule has 0 aliphatic heterocycles. The van der Waals surface area contributed by atoms with E-state index in [1.54, 1.807) is 0 Å². The van der Waals surface area contributed by atoms with Crippen LogP contribution >= 0.6 is 0 Å². The van der Waals surface area contributed by atoms with Gasteiger partial charge >= 0.3 is 0 Å². The SMILES string of the molecule is CCCCCCOc1ccc(-c2ccc(C#Cc3ccc4cc(OCCCCC)ccc4c3)cc2)cc1. The van der Waals surface area contributed by atoms with Crippen molar-refractivity contribution in [1.82, 2.24) is 0 Å². The molecule has 4 aromatic carbocycles. The lowest BCUT2D eigenvalue weighted by atomic mass is 10.0. The van der Waals surface area contributed by atoms with Gasteiger partial charge in [0.15, 0.2) is 0 Å². The minimum absolute atomic E-state index is 0.778. The molecule has 0 aromatic heterocycles. The molecule has 0 N–H and O–H groups in total. The predicted octanol–water partition coefficient (Wildman–Crippen LogP) is 9.43. The van der Waals surface area contributed by atoms with Gasteiger partial charge < -0.3 is 9.47 Å². The topological polar surface area (TPSA) is 18.5 Å². The highest BCUT2D eigenvalue weighted by atomic mass is 16.5. The number of ether oxygens (including phenoxy) is 2. The van der Waals surface area contributed by atoms with Crippen LogP contribution in [0, 0.1) is 11.8 Å². The van der Waals surface area contributed by atoms with Crippen LogP contribution in [-0.4, -0.2) is 13.2 Å². The Bertz CT molecular complexity index is 1310. The number of hydrogen-bond acceptors (Lipinski definition) is 2. The van der Waals surface area contributed by atoms with Gasteiger partial charge in [0.05, 0.1) is 13.2 Å². The average molecular weight is 491 g/mol. The highest BCUT2D eigenvalue weighted by Gasteiger charge is 2.01. The number of rotatable bonds is 12. The summed E-state index contributed by atoms with van der Waals surface area (Å²) in [6, 6.07) is 29.4. The summed E-state index contributed by atoms with van der Waals surface area (Å²) in [6.45, 7) is 6.00. The summed E-state index contributed by atoms with van der Waals surface area (Å²) in [7, 11) is 0. The van der Waals surface area contributed by atoms with E-state index in [-0.39, 0.29) is 0 Å². The lowest BCUT2D eigenvalue weighted by molar-refractivity contribution is 0.305. The van der Waals surface area contributed by atoms with E-state index in [2.05, 4.69) is 111 Å². The fourth-order valence-electron chi connectivity index (χ4n) is 4.29. The van der Waals surface area contributed by atoms with Crippen LogP contribution in [-0.2, 0) is 0 Å². The normalized spacial score (nSPS) is 10.6. The zero-order valence-electron chi connectivity index (χ0n) is 22.3. The summed E-state index contributed by atoms with van der Waals surface area (Å²) in [6.07, 6.45) is 8.40. The Morgan fingerprint density at radius 1 is 0.486 bits per heavy atom. The number of unbranched alkanes of at least 4 members (excludes halogenated alkanes) is 5. The van der Waals surface area contributed by atoms with Crippen LogP contribution in [0.15, 0.2) is 84.9 Å². The van der Waals surface area contributed by atoms with Crippen molar-refractivity contribution >= 4 is 10.8 Å². The zero-order valence-corrected chi connectivity index (χ0v) is 22.3. The summed E-state index contributed by atoms with van der Waals surface area (Å²) < 4.78 is 11.8. The Hall–Kier alpha value is -3.70. The first-order chi connectivity index (χ1) is 18.2. The predicted molar refractivity (Wildman–Crippen MR) is 156 cm³/mol. The molecule has 0 fully saturated rings. The minimum Gasteiger partial charge on any atom is -0.494 e. The Labute approximate surface area is 222 Å². The standard InChI is InChI=1S/C35H38O2/c1-3-5-7-9-25-36-34-21-18-31(19-22-34)30-15-12-28(13-16-30)10-11-29-14-17-33-27-35(23-20-32(33)26-29)37-24-8-6-4-2/h12-23,26-27H,3-9,24-25H2,1-2H3. The molecule has 2 nitrogen and oxygen atoms in total. The van der Waals surface area contributed by atoms with Crippen molar-refractivity contribution in [2.24, 2.45) is 0 Å². The lowest BCUT2D eigenvalue weighted by Gasteiger charge is -2.07. The molecule has 0 radical (unpaired) electrons. The molecule has 2 heteroatoms. The first kappa shape index (κ1) is 26.4. The van der Waals surface area contributed by atoms with E-state index < -0.39 is 0 Å². The van der Waals surface area contributed by atoms with Gasteiger partial charge in [-0.1, -0.05) is 94.2 Å². The fourth-order valence-corrected chi connectivity index (χ4v) is 4.29. The maximum absolute atomic E-state index is 5.89. The highest BCUT2D eigenvalue weighted by molar-refractivity contribution is 5.85. The molecule has 0 amide bonds. The van der Waals surface area contributed by atoms with Crippen LogP contribution in [0.4, 0.5) is 0 Å². The molecule has 0 heterocycles. The summed E-state index contributed by atoms with van der Waals surface area (Å²) in [4.78, 5) is 0. The molecule has 0 saturated carbocycles. The van der Waals surface area contributed by atoms with E-state index in [4.69, 9.17) is 9.47 Å². The molecule has 0 unspecified atom stereocenters. The van der Waals surface area contributed by atoms with Crippen molar-refractivity contribution in [2.45, 2.75) is 58.8 Å². The Morgan fingerprint density at radius 3 is 1.73 bits per heavy atom. The third-order valence-electron chi connectivity index (χ3n) is 6.52. The summed E-state index contributed by atoms with van der Waals surface area (Å²) >= 11 is 0. The molecule has 0 atom stereocenters. The molecule has 0 aliphatic carbocycles. The Balaban J connectivity index is 1.34. The van der Waals surface area contributed by atoms with Crippen molar-refractivity contribution < 1.29 is 9.47 Å². The molecule has 4 rings (SSSR count). The highest BCUT2D eigenvalue weighted by Crippen LogP contribution is 2.24. The second kappa shape index (κ2) is 14.1. The molecule has 0 saturated heterocycles. The van der Waals surface area contributed by atoms with E-state index >= 15 is 0 Å². The first-order valence-electron chi connectivity index (χ1n) is 13.8. The van der Waals surface area contributed by atoms with Gasteiger partial charge in [0.2, 0.25) is 0 Å². The van der Waals surface area contributed by atoms with Crippen molar-refractivity contribution in [3.05, 3.63) is 96.1 Å². The Morgan fingerprint density at radius 2 is 1.00 bits per heavy atom. The van der Waals surface area contributed by atoms with Crippen molar-refractivity contribution in [2.75, 3.05) is 13.2 Å². The molecule has 4 aromatic rings. The van der Waals surface area contributed by atoms with Gasteiger partial charge in [-0.15, -0.1) is 0 Å². The molecule has 37 heavy (non-hydrogen) atoms. The largest absolute Gasteiger partial charge is 0.494 e. The average Bonchev–Trinajstić information content (AvgIpc) is 2.95. The monoisotopic (exact) mass is 490 g/mol. The van der Waals surface area contributed by atoms with Crippen LogP contribution in [0.2, 0.25) is 0 Å². The van der Waals surface area contributed by atoms with Gasteiger partial charge in [0, 0.05) is 11.1 Å².